The summed E-state index contributed by atoms with van der Waals surface area (Å²) in [4.78, 5) is 0. The molecule has 11 aromatic rings. The van der Waals surface area contributed by atoms with Crippen LogP contribution >= 0.6 is 11.3 Å². The van der Waals surface area contributed by atoms with Crippen LogP contribution in [0.2, 0.25) is 0 Å². The fraction of sp³-hybridized carbons (Fsp3) is 0. The number of hydrogen-bond donors (Lipinski definition) is 0. The molecule has 0 bridgehead atoms. The van der Waals surface area contributed by atoms with Gasteiger partial charge in [-0.2, -0.15) is 0 Å². The first kappa shape index (κ1) is 26.9. The molecule has 2 nitrogen and oxygen atoms in total. The molecule has 49 heavy (non-hydrogen) atoms. The molecule has 0 atom stereocenters. The molecule has 0 amide bonds. The second kappa shape index (κ2) is 10.2. The van der Waals surface area contributed by atoms with E-state index in [9.17, 15) is 0 Å². The number of aromatic nitrogens is 2. The molecule has 0 N–H and O–H groups in total. The third-order valence-electron chi connectivity index (χ3n) is 10.3. The summed E-state index contributed by atoms with van der Waals surface area (Å²) in [5.41, 5.74) is 9.66. The summed E-state index contributed by atoms with van der Waals surface area (Å²) < 4.78 is 7.55. The van der Waals surface area contributed by atoms with E-state index in [0.29, 0.717) is 0 Å². The molecule has 0 aliphatic carbocycles. The van der Waals surface area contributed by atoms with Crippen LogP contribution in [-0.2, 0) is 0 Å². The Morgan fingerprint density at radius 3 is 1.67 bits per heavy atom. The molecule has 0 saturated heterocycles. The number of nitrogens with zero attached hydrogens (tertiary/aromatic N) is 2. The Kier molecular flexibility index (Phi) is 5.57. The lowest BCUT2D eigenvalue weighted by Crippen LogP contribution is -1.95. The van der Waals surface area contributed by atoms with E-state index >= 15 is 0 Å². The maximum Gasteiger partial charge on any atom is 0.0548 e. The summed E-state index contributed by atoms with van der Waals surface area (Å²) in [5, 5.41) is 10.3. The van der Waals surface area contributed by atoms with Gasteiger partial charge in [0.1, 0.15) is 0 Å². The molecule has 8 aromatic carbocycles. The van der Waals surface area contributed by atoms with Crippen LogP contribution in [0, 0.1) is 0 Å². The first-order chi connectivity index (χ1) is 24.3. The zero-order valence-electron chi connectivity index (χ0n) is 26.5. The van der Waals surface area contributed by atoms with E-state index in [1.54, 1.807) is 0 Å². The Labute approximate surface area is 286 Å². The average Bonchev–Trinajstić information content (AvgIpc) is 3.82. The third kappa shape index (κ3) is 3.88. The van der Waals surface area contributed by atoms with Crippen molar-refractivity contribution in [1.82, 2.24) is 9.13 Å². The number of thiophene rings is 1. The summed E-state index contributed by atoms with van der Waals surface area (Å²) in [6.45, 7) is 0. The first-order valence-electron chi connectivity index (χ1n) is 16.8. The fourth-order valence-electron chi connectivity index (χ4n) is 8.12. The molecule has 0 aliphatic heterocycles. The van der Waals surface area contributed by atoms with Gasteiger partial charge in [0, 0.05) is 53.1 Å². The molecule has 0 aliphatic rings. The van der Waals surface area contributed by atoms with Gasteiger partial charge in [-0.05, 0) is 88.6 Å². The van der Waals surface area contributed by atoms with Gasteiger partial charge >= 0.3 is 0 Å². The van der Waals surface area contributed by atoms with Gasteiger partial charge in [0.05, 0.1) is 22.1 Å². The number of fused-ring (bicyclic) bond motifs is 11. The fourth-order valence-corrected chi connectivity index (χ4v) is 9.21. The van der Waals surface area contributed by atoms with E-state index in [-0.39, 0.29) is 0 Å². The van der Waals surface area contributed by atoms with E-state index in [1.807, 2.05) is 11.3 Å². The van der Waals surface area contributed by atoms with Crippen LogP contribution in [0.3, 0.4) is 0 Å². The molecule has 3 heteroatoms. The summed E-state index contributed by atoms with van der Waals surface area (Å²) in [7, 11) is 0. The standard InChI is InChI=1S/C46H28N2S/c1-2-11-30-26-34(22-20-29(30)10-1)48-40-18-7-4-16-37(40)46-42(48)24-23-41-45(46)36-15-3-6-17-39(36)47(41)33-13-9-12-31(27-33)32-21-25-44-38(28-32)35-14-5-8-19-43(35)49-44/h1-28H. The van der Waals surface area contributed by atoms with Crippen molar-refractivity contribution in [3.63, 3.8) is 0 Å². The number of para-hydroxylation sites is 2. The zero-order chi connectivity index (χ0) is 32.1. The van der Waals surface area contributed by atoms with E-state index in [2.05, 4.69) is 179 Å². The smallest absolute Gasteiger partial charge is 0.0548 e. The highest BCUT2D eigenvalue weighted by molar-refractivity contribution is 7.25. The molecule has 0 unspecified atom stereocenters. The Bertz CT molecular complexity index is 3120. The lowest BCUT2D eigenvalue weighted by atomic mass is 10.0. The molecule has 0 fully saturated rings. The van der Waals surface area contributed by atoms with Gasteiger partial charge in [-0.15, -0.1) is 11.3 Å². The van der Waals surface area contributed by atoms with Crippen LogP contribution in [0.25, 0.3) is 97.1 Å². The predicted molar refractivity (Wildman–Crippen MR) is 211 cm³/mol. The highest BCUT2D eigenvalue weighted by atomic mass is 32.1. The molecule has 0 saturated carbocycles. The summed E-state index contributed by atoms with van der Waals surface area (Å²) in [6, 6.07) is 62.5. The van der Waals surface area contributed by atoms with Crippen molar-refractivity contribution >= 4 is 85.9 Å². The quantitative estimate of drug-likeness (QED) is 0.182. The lowest BCUT2D eigenvalue weighted by Gasteiger charge is -2.11. The number of benzene rings is 8. The van der Waals surface area contributed by atoms with Crippen LogP contribution in [0.5, 0.6) is 0 Å². The van der Waals surface area contributed by atoms with Crippen LogP contribution in [0.1, 0.15) is 0 Å². The number of rotatable bonds is 3. The highest BCUT2D eigenvalue weighted by Gasteiger charge is 2.20. The minimum atomic E-state index is 1.16. The molecular weight excluding hydrogens is 613 g/mol. The van der Waals surface area contributed by atoms with Crippen molar-refractivity contribution in [1.29, 1.82) is 0 Å². The van der Waals surface area contributed by atoms with Crippen LogP contribution in [-0.4, -0.2) is 9.13 Å². The zero-order valence-corrected chi connectivity index (χ0v) is 27.3. The van der Waals surface area contributed by atoms with Crippen LogP contribution in [0.4, 0.5) is 0 Å². The van der Waals surface area contributed by atoms with Crippen molar-refractivity contribution in [2.75, 3.05) is 0 Å². The minimum absolute atomic E-state index is 1.16. The van der Waals surface area contributed by atoms with E-state index in [4.69, 9.17) is 0 Å². The third-order valence-corrected chi connectivity index (χ3v) is 11.4. The molecular formula is C46H28N2S. The first-order valence-corrected chi connectivity index (χ1v) is 17.6. The van der Waals surface area contributed by atoms with E-state index < -0.39 is 0 Å². The summed E-state index contributed by atoms with van der Waals surface area (Å²) >= 11 is 1.87. The van der Waals surface area contributed by atoms with Gasteiger partial charge in [-0.25, -0.2) is 0 Å². The Morgan fingerprint density at radius 2 is 0.918 bits per heavy atom. The van der Waals surface area contributed by atoms with Crippen LogP contribution < -0.4 is 0 Å². The van der Waals surface area contributed by atoms with Crippen LogP contribution in [0.15, 0.2) is 170 Å². The van der Waals surface area contributed by atoms with E-state index in [1.165, 1.54) is 91.4 Å². The van der Waals surface area contributed by atoms with Crippen molar-refractivity contribution in [2.45, 2.75) is 0 Å². The van der Waals surface area contributed by atoms with Crippen molar-refractivity contribution < 1.29 is 0 Å². The lowest BCUT2D eigenvalue weighted by molar-refractivity contribution is 1.17. The second-order valence-electron chi connectivity index (χ2n) is 12.9. The molecule has 3 heterocycles. The van der Waals surface area contributed by atoms with Crippen molar-refractivity contribution in [3.8, 4) is 22.5 Å². The Balaban J connectivity index is 1.17. The van der Waals surface area contributed by atoms with E-state index in [0.717, 1.165) is 5.69 Å². The monoisotopic (exact) mass is 640 g/mol. The molecule has 11 rings (SSSR count). The molecule has 0 spiro atoms. The predicted octanol–water partition coefficient (Wildman–Crippen LogP) is 13.1. The van der Waals surface area contributed by atoms with Gasteiger partial charge in [0.25, 0.3) is 0 Å². The second-order valence-corrected chi connectivity index (χ2v) is 14.0. The van der Waals surface area contributed by atoms with Gasteiger partial charge in [0.15, 0.2) is 0 Å². The van der Waals surface area contributed by atoms with Gasteiger partial charge in [-0.3, -0.25) is 0 Å². The maximum absolute atomic E-state index is 2.45. The topological polar surface area (TPSA) is 9.86 Å². The SMILES string of the molecule is c1cc(-c2ccc3sc4ccccc4c3c2)cc(-n2c3ccccc3c3c4c5ccccc5n(-c5ccc6ccccc6c5)c4ccc32)c1. The van der Waals surface area contributed by atoms with Crippen molar-refractivity contribution in [3.05, 3.63) is 170 Å². The van der Waals surface area contributed by atoms with Gasteiger partial charge in [-0.1, -0.05) is 103 Å². The molecule has 0 radical (unpaired) electrons. The number of hydrogen-bond acceptors (Lipinski definition) is 1. The van der Waals surface area contributed by atoms with Gasteiger partial charge in [0.2, 0.25) is 0 Å². The largest absolute Gasteiger partial charge is 0.309 e. The molecule has 3 aromatic heterocycles. The average molecular weight is 641 g/mol. The molecule has 228 valence electrons. The Morgan fingerprint density at radius 1 is 0.327 bits per heavy atom. The minimum Gasteiger partial charge on any atom is -0.309 e. The normalized spacial score (nSPS) is 12.1. The Hall–Kier alpha value is -6.16. The van der Waals surface area contributed by atoms with Gasteiger partial charge < -0.3 is 9.13 Å². The summed E-state index contributed by atoms with van der Waals surface area (Å²) in [6.07, 6.45) is 0. The van der Waals surface area contributed by atoms with Crippen molar-refractivity contribution in [2.24, 2.45) is 0 Å². The highest BCUT2D eigenvalue weighted by Crippen LogP contribution is 2.43. The summed E-state index contributed by atoms with van der Waals surface area (Å²) in [5.74, 6) is 0. The maximum atomic E-state index is 2.45.